The molecule has 0 saturated carbocycles. The molecule has 0 aromatic carbocycles. The molecule has 1 aromatic heterocycles. The highest BCUT2D eigenvalue weighted by Crippen LogP contribution is 2.07. The topological polar surface area (TPSA) is 32.3 Å². The highest BCUT2D eigenvalue weighted by Gasteiger charge is 2.05. The number of hydrogen-bond acceptors (Lipinski definition) is 3. The second-order valence-electron chi connectivity index (χ2n) is 3.61. The van der Waals surface area contributed by atoms with Gasteiger partial charge < -0.3 is 10.2 Å². The van der Waals surface area contributed by atoms with Crippen LogP contribution in [-0.4, -0.2) is 37.0 Å². The fourth-order valence-corrected chi connectivity index (χ4v) is 2.18. The Morgan fingerprint density at radius 1 is 1.44 bits per heavy atom. The Morgan fingerprint density at radius 2 is 2.19 bits per heavy atom. The van der Waals surface area contributed by atoms with E-state index < -0.39 is 0 Å². The van der Waals surface area contributed by atoms with Gasteiger partial charge in [0.05, 0.1) is 4.88 Å². The van der Waals surface area contributed by atoms with Crippen LogP contribution in [0.3, 0.4) is 0 Å². The van der Waals surface area contributed by atoms with Gasteiger partial charge in [-0.3, -0.25) is 4.79 Å². The van der Waals surface area contributed by atoms with Crippen molar-refractivity contribution in [2.75, 3.05) is 26.2 Å². The average Bonchev–Trinajstić information content (AvgIpc) is 2.82. The van der Waals surface area contributed by atoms with Crippen molar-refractivity contribution in [3.05, 3.63) is 22.4 Å². The van der Waals surface area contributed by atoms with E-state index in [1.807, 2.05) is 17.5 Å². The summed E-state index contributed by atoms with van der Waals surface area (Å²) >= 11 is 1.48. The van der Waals surface area contributed by atoms with Crippen molar-refractivity contribution in [2.24, 2.45) is 0 Å². The van der Waals surface area contributed by atoms with E-state index in [1.165, 1.54) is 11.3 Å². The smallest absolute Gasteiger partial charge is 0.261 e. The predicted octanol–water partition coefficient (Wildman–Crippen LogP) is 2.21. The molecule has 0 aliphatic carbocycles. The number of hydrogen-bond donors (Lipinski definition) is 1. The van der Waals surface area contributed by atoms with Gasteiger partial charge in [0, 0.05) is 6.54 Å². The largest absolute Gasteiger partial charge is 0.351 e. The lowest BCUT2D eigenvalue weighted by Gasteiger charge is -2.17. The molecule has 0 atom stereocenters. The fourth-order valence-electron chi connectivity index (χ4n) is 1.54. The first-order valence-electron chi connectivity index (χ1n) is 5.82. The van der Waals surface area contributed by atoms with Crippen LogP contribution in [0.5, 0.6) is 0 Å². The first-order valence-corrected chi connectivity index (χ1v) is 6.70. The number of nitrogens with zero attached hydrogens (tertiary/aromatic N) is 1. The number of carbonyl (C=O) groups excluding carboxylic acids is 1. The summed E-state index contributed by atoms with van der Waals surface area (Å²) in [4.78, 5) is 14.7. The molecule has 1 N–H and O–H groups in total. The summed E-state index contributed by atoms with van der Waals surface area (Å²) < 4.78 is 0. The van der Waals surface area contributed by atoms with Crippen molar-refractivity contribution in [1.82, 2.24) is 10.2 Å². The Morgan fingerprint density at radius 3 is 2.75 bits per heavy atom. The summed E-state index contributed by atoms with van der Waals surface area (Å²) in [5.41, 5.74) is 0. The lowest BCUT2D eigenvalue weighted by molar-refractivity contribution is 0.0956. The minimum Gasteiger partial charge on any atom is -0.351 e. The normalized spacial score (nSPS) is 10.7. The van der Waals surface area contributed by atoms with Crippen LogP contribution in [0.2, 0.25) is 0 Å². The Bertz CT molecular complexity index is 294. The third-order valence-corrected chi connectivity index (χ3v) is 3.44. The van der Waals surface area contributed by atoms with Gasteiger partial charge in [-0.05, 0) is 37.5 Å². The molecule has 1 aromatic rings. The Hall–Kier alpha value is -0.870. The molecule has 0 fully saturated rings. The van der Waals surface area contributed by atoms with E-state index in [4.69, 9.17) is 0 Å². The predicted molar refractivity (Wildman–Crippen MR) is 69.1 cm³/mol. The van der Waals surface area contributed by atoms with E-state index in [0.717, 1.165) is 37.5 Å². The highest BCUT2D eigenvalue weighted by atomic mass is 32.1. The monoisotopic (exact) mass is 240 g/mol. The molecule has 1 rings (SSSR count). The molecule has 0 radical (unpaired) electrons. The average molecular weight is 240 g/mol. The standard InChI is InChI=1S/C12H20N2OS/c1-3-14(4-2)9-6-8-13-12(15)11-7-5-10-16-11/h5,7,10H,3-4,6,8-9H2,1-2H3,(H,13,15). The van der Waals surface area contributed by atoms with E-state index >= 15 is 0 Å². The number of thiophene rings is 1. The molecular weight excluding hydrogens is 220 g/mol. The maximum absolute atomic E-state index is 11.6. The first-order chi connectivity index (χ1) is 7.77. The number of nitrogens with one attached hydrogen (secondary N) is 1. The lowest BCUT2D eigenvalue weighted by atomic mass is 10.3. The fraction of sp³-hybridized carbons (Fsp3) is 0.583. The zero-order valence-corrected chi connectivity index (χ0v) is 10.8. The molecule has 1 heterocycles. The van der Waals surface area contributed by atoms with E-state index in [2.05, 4.69) is 24.1 Å². The molecule has 4 heteroatoms. The molecule has 0 bridgehead atoms. The van der Waals surface area contributed by atoms with Crippen LogP contribution in [-0.2, 0) is 0 Å². The Kier molecular flexibility index (Phi) is 6.11. The molecule has 0 spiro atoms. The van der Waals surface area contributed by atoms with Crippen LogP contribution in [0.15, 0.2) is 17.5 Å². The molecule has 16 heavy (non-hydrogen) atoms. The van der Waals surface area contributed by atoms with Crippen LogP contribution in [0, 0.1) is 0 Å². The first kappa shape index (κ1) is 13.2. The number of rotatable bonds is 7. The van der Waals surface area contributed by atoms with Crippen molar-refractivity contribution >= 4 is 17.2 Å². The van der Waals surface area contributed by atoms with Crippen LogP contribution in [0.4, 0.5) is 0 Å². The van der Waals surface area contributed by atoms with Crippen molar-refractivity contribution in [1.29, 1.82) is 0 Å². The van der Waals surface area contributed by atoms with Crippen LogP contribution in [0.1, 0.15) is 29.9 Å². The van der Waals surface area contributed by atoms with E-state index in [-0.39, 0.29) is 5.91 Å². The van der Waals surface area contributed by atoms with Gasteiger partial charge in [0.15, 0.2) is 0 Å². The van der Waals surface area contributed by atoms with Crippen molar-refractivity contribution in [3.8, 4) is 0 Å². The minimum atomic E-state index is 0.0505. The Balaban J connectivity index is 2.14. The van der Waals surface area contributed by atoms with Crippen LogP contribution >= 0.6 is 11.3 Å². The Labute approximate surface area is 101 Å². The summed E-state index contributed by atoms with van der Waals surface area (Å²) in [6.07, 6.45) is 1.01. The van der Waals surface area contributed by atoms with Gasteiger partial charge in [-0.25, -0.2) is 0 Å². The van der Waals surface area contributed by atoms with Gasteiger partial charge in [0.1, 0.15) is 0 Å². The summed E-state index contributed by atoms with van der Waals surface area (Å²) in [6.45, 7) is 8.29. The number of carbonyl (C=O) groups is 1. The van der Waals surface area contributed by atoms with Gasteiger partial charge in [0.25, 0.3) is 5.91 Å². The SMILES string of the molecule is CCN(CC)CCCNC(=O)c1cccs1. The zero-order valence-electron chi connectivity index (χ0n) is 10.0. The highest BCUT2D eigenvalue weighted by molar-refractivity contribution is 7.12. The van der Waals surface area contributed by atoms with E-state index in [0.29, 0.717) is 0 Å². The third-order valence-electron chi connectivity index (χ3n) is 2.58. The molecule has 0 unspecified atom stereocenters. The second-order valence-corrected chi connectivity index (χ2v) is 4.56. The quantitative estimate of drug-likeness (QED) is 0.741. The van der Waals surface area contributed by atoms with Crippen molar-refractivity contribution in [3.63, 3.8) is 0 Å². The maximum Gasteiger partial charge on any atom is 0.261 e. The minimum absolute atomic E-state index is 0.0505. The van der Waals surface area contributed by atoms with Crippen molar-refractivity contribution < 1.29 is 4.79 Å². The summed E-state index contributed by atoms with van der Waals surface area (Å²) in [6, 6.07) is 3.75. The zero-order chi connectivity index (χ0) is 11.8. The van der Waals surface area contributed by atoms with E-state index in [1.54, 1.807) is 0 Å². The van der Waals surface area contributed by atoms with Crippen LogP contribution < -0.4 is 5.32 Å². The van der Waals surface area contributed by atoms with Crippen LogP contribution in [0.25, 0.3) is 0 Å². The van der Waals surface area contributed by atoms with Gasteiger partial charge in [-0.1, -0.05) is 19.9 Å². The van der Waals surface area contributed by atoms with Gasteiger partial charge in [-0.2, -0.15) is 0 Å². The molecule has 0 aliphatic rings. The lowest BCUT2D eigenvalue weighted by Crippen LogP contribution is -2.29. The van der Waals surface area contributed by atoms with Gasteiger partial charge in [0.2, 0.25) is 0 Å². The molecule has 90 valence electrons. The number of amides is 1. The molecule has 3 nitrogen and oxygen atoms in total. The summed E-state index contributed by atoms with van der Waals surface area (Å²) in [5, 5.41) is 4.85. The van der Waals surface area contributed by atoms with Gasteiger partial charge in [-0.15, -0.1) is 11.3 Å². The van der Waals surface area contributed by atoms with Gasteiger partial charge >= 0.3 is 0 Å². The third kappa shape index (κ3) is 4.33. The summed E-state index contributed by atoms with van der Waals surface area (Å²) in [7, 11) is 0. The summed E-state index contributed by atoms with van der Waals surface area (Å²) in [5.74, 6) is 0.0505. The maximum atomic E-state index is 11.6. The molecular formula is C12H20N2OS. The second kappa shape index (κ2) is 7.41. The molecule has 0 saturated heterocycles. The molecule has 1 amide bonds. The van der Waals surface area contributed by atoms with Crippen molar-refractivity contribution in [2.45, 2.75) is 20.3 Å². The molecule has 0 aliphatic heterocycles. The van der Waals surface area contributed by atoms with E-state index in [9.17, 15) is 4.79 Å².